The maximum Gasteiger partial charge on any atom is 0.227 e. The Hall–Kier alpha value is -2.55. The number of benzene rings is 1. The molecule has 1 heterocycles. The van der Waals surface area contributed by atoms with E-state index < -0.39 is 5.92 Å². The van der Waals surface area contributed by atoms with Crippen molar-refractivity contribution in [3.63, 3.8) is 0 Å². The molecule has 0 aliphatic rings. The number of ether oxygens (including phenoxy) is 5. The zero-order chi connectivity index (χ0) is 21.9. The van der Waals surface area contributed by atoms with Crippen molar-refractivity contribution in [2.45, 2.75) is 26.2 Å². The van der Waals surface area contributed by atoms with Crippen molar-refractivity contribution in [2.75, 3.05) is 48.1 Å². The molecule has 8 nitrogen and oxygen atoms in total. The molecular weight excluding hydrogens is 390 g/mol. The monoisotopic (exact) mass is 421 g/mol. The normalized spacial score (nSPS) is 11.9. The molecule has 1 amide bonds. The molecule has 0 saturated carbocycles. The Labute approximate surface area is 177 Å². The van der Waals surface area contributed by atoms with Crippen LogP contribution in [-0.4, -0.2) is 54.0 Å². The van der Waals surface area contributed by atoms with Gasteiger partial charge in [0.2, 0.25) is 5.91 Å². The highest BCUT2D eigenvalue weighted by atomic mass is 16.7. The van der Waals surface area contributed by atoms with Crippen molar-refractivity contribution in [1.29, 1.82) is 0 Å². The van der Waals surface area contributed by atoms with Crippen LogP contribution in [0.15, 0.2) is 28.9 Å². The number of hydrogen-bond acceptors (Lipinski definition) is 7. The summed E-state index contributed by atoms with van der Waals surface area (Å²) in [7, 11) is 4.69. The van der Waals surface area contributed by atoms with Gasteiger partial charge in [-0.2, -0.15) is 0 Å². The zero-order valence-electron chi connectivity index (χ0n) is 18.3. The highest BCUT2D eigenvalue weighted by Gasteiger charge is 2.29. The first-order valence-electron chi connectivity index (χ1n) is 9.82. The summed E-state index contributed by atoms with van der Waals surface area (Å²) >= 11 is 0. The predicted molar refractivity (Wildman–Crippen MR) is 112 cm³/mol. The van der Waals surface area contributed by atoms with E-state index in [1.807, 2.05) is 19.9 Å². The van der Waals surface area contributed by atoms with E-state index in [0.717, 1.165) is 11.1 Å². The summed E-state index contributed by atoms with van der Waals surface area (Å²) in [6.45, 7) is 4.83. The predicted octanol–water partition coefficient (Wildman–Crippen LogP) is 3.34. The van der Waals surface area contributed by atoms with E-state index in [1.54, 1.807) is 39.7 Å². The molecule has 166 valence electrons. The van der Waals surface area contributed by atoms with Gasteiger partial charge in [0.25, 0.3) is 0 Å². The number of furan rings is 1. The summed E-state index contributed by atoms with van der Waals surface area (Å²) in [5.41, 5.74) is 2.37. The van der Waals surface area contributed by atoms with E-state index in [1.165, 1.54) is 0 Å². The van der Waals surface area contributed by atoms with Crippen molar-refractivity contribution in [1.82, 2.24) is 5.32 Å². The Morgan fingerprint density at radius 2 is 1.80 bits per heavy atom. The number of carbonyl (C=O) groups is 1. The summed E-state index contributed by atoms with van der Waals surface area (Å²) in [6, 6.07) is 5.42. The lowest BCUT2D eigenvalue weighted by molar-refractivity contribution is -0.122. The molecule has 1 aromatic heterocycles. The maximum absolute atomic E-state index is 12.9. The topological polar surface area (TPSA) is 88.4 Å². The molecule has 0 aliphatic heterocycles. The maximum atomic E-state index is 12.9. The first-order chi connectivity index (χ1) is 14.6. The summed E-state index contributed by atoms with van der Waals surface area (Å²) in [6.07, 6.45) is 2.23. The fourth-order valence-corrected chi connectivity index (χ4v) is 3.26. The lowest BCUT2D eigenvalue weighted by Crippen LogP contribution is -2.31. The van der Waals surface area contributed by atoms with Crippen LogP contribution in [0.25, 0.3) is 11.3 Å². The van der Waals surface area contributed by atoms with Gasteiger partial charge >= 0.3 is 0 Å². The lowest BCUT2D eigenvalue weighted by Gasteiger charge is -2.24. The molecular formula is C22H31NO7. The minimum Gasteiger partial charge on any atom is -0.467 e. The van der Waals surface area contributed by atoms with Crippen LogP contribution in [0.3, 0.4) is 0 Å². The van der Waals surface area contributed by atoms with Crippen LogP contribution in [0.2, 0.25) is 0 Å². The third kappa shape index (κ3) is 5.75. The van der Waals surface area contributed by atoms with Gasteiger partial charge in [-0.15, -0.1) is 0 Å². The lowest BCUT2D eigenvalue weighted by atomic mass is 9.86. The highest BCUT2D eigenvalue weighted by Crippen LogP contribution is 2.44. The van der Waals surface area contributed by atoms with Crippen LogP contribution in [0.1, 0.15) is 30.9 Å². The first-order valence-corrected chi connectivity index (χ1v) is 9.82. The Bertz CT molecular complexity index is 789. The second-order valence-electron chi connectivity index (χ2n) is 6.58. The average molecular weight is 421 g/mol. The van der Waals surface area contributed by atoms with Gasteiger partial charge in [-0.05, 0) is 36.6 Å². The van der Waals surface area contributed by atoms with E-state index in [-0.39, 0.29) is 19.5 Å². The molecule has 0 fully saturated rings. The number of rotatable bonds is 13. The van der Waals surface area contributed by atoms with Gasteiger partial charge in [0.05, 0.1) is 24.4 Å². The summed E-state index contributed by atoms with van der Waals surface area (Å²) in [5.74, 6) is 1.07. The SMILES string of the molecule is CCc1c(OCOC)cc(OCOC)c(-c2ccco2)c1C(C)C(=O)NCCOC. The van der Waals surface area contributed by atoms with Crippen LogP contribution in [0.4, 0.5) is 0 Å². The fourth-order valence-electron chi connectivity index (χ4n) is 3.26. The summed E-state index contributed by atoms with van der Waals surface area (Å²) < 4.78 is 32.6. The van der Waals surface area contributed by atoms with Gasteiger partial charge in [0, 0.05) is 33.9 Å². The molecule has 0 radical (unpaired) electrons. The fraction of sp³-hybridized carbons (Fsp3) is 0.500. The molecule has 1 atom stereocenters. The molecule has 1 N–H and O–H groups in total. The van der Waals surface area contributed by atoms with Gasteiger partial charge in [-0.3, -0.25) is 4.79 Å². The molecule has 2 aromatic rings. The molecule has 30 heavy (non-hydrogen) atoms. The van der Waals surface area contributed by atoms with Crippen LogP contribution < -0.4 is 14.8 Å². The molecule has 1 aromatic carbocycles. The van der Waals surface area contributed by atoms with Crippen LogP contribution >= 0.6 is 0 Å². The van der Waals surface area contributed by atoms with Crippen molar-refractivity contribution >= 4 is 5.91 Å². The largest absolute Gasteiger partial charge is 0.467 e. The summed E-state index contributed by atoms with van der Waals surface area (Å²) in [5, 5.41) is 2.91. The van der Waals surface area contributed by atoms with Crippen molar-refractivity contribution in [3.05, 3.63) is 35.6 Å². The van der Waals surface area contributed by atoms with Gasteiger partial charge in [0.1, 0.15) is 17.3 Å². The number of methoxy groups -OCH3 is 3. The van der Waals surface area contributed by atoms with Crippen LogP contribution in [0.5, 0.6) is 11.5 Å². The van der Waals surface area contributed by atoms with Gasteiger partial charge in [0.15, 0.2) is 13.6 Å². The molecule has 0 saturated heterocycles. The first kappa shape index (κ1) is 23.7. The Kier molecular flexibility index (Phi) is 9.66. The quantitative estimate of drug-likeness (QED) is 0.392. The van der Waals surface area contributed by atoms with Gasteiger partial charge in [-0.25, -0.2) is 0 Å². The smallest absolute Gasteiger partial charge is 0.227 e. The van der Waals surface area contributed by atoms with E-state index in [4.69, 9.17) is 28.1 Å². The highest BCUT2D eigenvalue weighted by molar-refractivity contribution is 5.88. The van der Waals surface area contributed by atoms with Crippen molar-refractivity contribution < 1.29 is 32.9 Å². The van der Waals surface area contributed by atoms with Gasteiger partial charge in [-0.1, -0.05) is 6.92 Å². The standard InChI is InChI=1S/C22H31NO7/c1-6-16-18(29-13-26-4)12-19(30-14-27-5)21(17-8-7-10-28-17)20(16)15(2)22(24)23-9-11-25-3/h7-8,10,12,15H,6,9,11,13-14H2,1-5H3,(H,23,24). The average Bonchev–Trinajstić information content (AvgIpc) is 3.29. The van der Waals surface area contributed by atoms with Crippen molar-refractivity contribution in [2.24, 2.45) is 0 Å². The Morgan fingerprint density at radius 3 is 2.37 bits per heavy atom. The van der Waals surface area contributed by atoms with E-state index >= 15 is 0 Å². The Balaban J connectivity index is 2.64. The van der Waals surface area contributed by atoms with E-state index in [0.29, 0.717) is 42.4 Å². The second-order valence-corrected chi connectivity index (χ2v) is 6.58. The molecule has 0 aliphatic carbocycles. The minimum absolute atomic E-state index is 0.0384. The van der Waals surface area contributed by atoms with Crippen molar-refractivity contribution in [3.8, 4) is 22.8 Å². The van der Waals surface area contributed by atoms with E-state index in [2.05, 4.69) is 5.32 Å². The third-order valence-electron chi connectivity index (χ3n) is 4.62. The number of amides is 1. The molecule has 2 rings (SSSR count). The van der Waals surface area contributed by atoms with E-state index in [9.17, 15) is 4.79 Å². The molecule has 0 bridgehead atoms. The molecule has 1 unspecified atom stereocenters. The second kappa shape index (κ2) is 12.2. The Morgan fingerprint density at radius 1 is 1.10 bits per heavy atom. The third-order valence-corrected chi connectivity index (χ3v) is 4.62. The number of carbonyl (C=O) groups excluding carboxylic acids is 1. The van der Waals surface area contributed by atoms with Crippen LogP contribution in [0, 0.1) is 0 Å². The summed E-state index contributed by atoms with van der Waals surface area (Å²) in [4.78, 5) is 12.9. The number of hydrogen-bond donors (Lipinski definition) is 1. The molecule has 8 heteroatoms. The van der Waals surface area contributed by atoms with Gasteiger partial charge < -0.3 is 33.4 Å². The zero-order valence-corrected chi connectivity index (χ0v) is 18.3. The number of nitrogens with one attached hydrogen (secondary N) is 1. The minimum atomic E-state index is -0.493. The van der Waals surface area contributed by atoms with Crippen LogP contribution in [-0.2, 0) is 25.4 Å². The molecule has 0 spiro atoms.